The number of nitriles is 1. The fourth-order valence-electron chi connectivity index (χ4n) is 3.46. The highest BCUT2D eigenvalue weighted by atomic mass is 16.5. The van der Waals surface area contributed by atoms with E-state index in [2.05, 4.69) is 22.1 Å². The highest BCUT2D eigenvalue weighted by Crippen LogP contribution is 2.35. The van der Waals surface area contributed by atoms with E-state index in [4.69, 9.17) is 19.7 Å². The Balaban J connectivity index is 1.54. The summed E-state index contributed by atoms with van der Waals surface area (Å²) in [6.45, 7) is 0. The van der Waals surface area contributed by atoms with Crippen LogP contribution in [0.3, 0.4) is 0 Å². The van der Waals surface area contributed by atoms with Crippen LogP contribution in [0.25, 0.3) is 28.5 Å². The van der Waals surface area contributed by atoms with Gasteiger partial charge in [-0.2, -0.15) is 5.26 Å². The van der Waals surface area contributed by atoms with Crippen LogP contribution in [0.4, 0.5) is 0 Å². The molecule has 0 unspecified atom stereocenters. The number of aromatic nitrogens is 3. The lowest BCUT2D eigenvalue weighted by Gasteiger charge is -2.19. The third-order valence-electron chi connectivity index (χ3n) is 5.05. The summed E-state index contributed by atoms with van der Waals surface area (Å²) < 4.78 is 11.8. The Labute approximate surface area is 179 Å². The van der Waals surface area contributed by atoms with Crippen molar-refractivity contribution >= 4 is 5.76 Å². The van der Waals surface area contributed by atoms with Gasteiger partial charge in [0.25, 0.3) is 0 Å². The van der Waals surface area contributed by atoms with Crippen molar-refractivity contribution in [3.05, 3.63) is 102 Å². The molecule has 0 amide bonds. The van der Waals surface area contributed by atoms with E-state index in [-0.39, 0.29) is 0 Å². The van der Waals surface area contributed by atoms with Crippen molar-refractivity contribution in [2.24, 2.45) is 0 Å². The number of nitrogens with one attached hydrogen (secondary N) is 1. The Morgan fingerprint density at radius 1 is 1.03 bits per heavy atom. The number of allylic oxidation sites excluding steroid dienone is 4. The Morgan fingerprint density at radius 2 is 1.90 bits per heavy atom. The first-order valence-corrected chi connectivity index (χ1v) is 9.94. The molecule has 1 aliphatic heterocycles. The molecule has 2 aliphatic rings. The normalized spacial score (nSPS) is 15.1. The molecule has 3 heterocycles. The molecule has 1 aliphatic carbocycles. The van der Waals surface area contributed by atoms with E-state index in [1.165, 1.54) is 0 Å². The molecular formula is C25H18N4O2. The molecule has 0 radical (unpaired) electrons. The standard InChI is InChI=1S/C25H18N4O2/c26-14-17-9-11-19(12-10-17)25-28-23(20-8-4-5-13-27-20)24(29-25)22-16-30-15-21(31-22)18-6-2-1-3-7-18/h1-2,4-6,8-13,15-16H,3,7H2,(H,28,29). The first-order chi connectivity index (χ1) is 15.3. The lowest BCUT2D eigenvalue weighted by Crippen LogP contribution is -2.04. The zero-order valence-electron chi connectivity index (χ0n) is 16.6. The van der Waals surface area contributed by atoms with Gasteiger partial charge in [-0.1, -0.05) is 24.3 Å². The van der Waals surface area contributed by atoms with Gasteiger partial charge >= 0.3 is 0 Å². The molecule has 0 fully saturated rings. The molecule has 1 N–H and O–H groups in total. The molecule has 0 spiro atoms. The predicted octanol–water partition coefficient (Wildman–Crippen LogP) is 5.47. The largest absolute Gasteiger partial charge is 0.465 e. The number of hydrogen-bond acceptors (Lipinski definition) is 5. The van der Waals surface area contributed by atoms with Crippen LogP contribution in [-0.2, 0) is 9.47 Å². The monoisotopic (exact) mass is 406 g/mol. The molecule has 0 saturated heterocycles. The van der Waals surface area contributed by atoms with Crippen LogP contribution in [0.1, 0.15) is 24.1 Å². The molecule has 0 saturated carbocycles. The molecular weight excluding hydrogens is 388 g/mol. The second kappa shape index (κ2) is 8.17. The fraction of sp³-hybridized carbons (Fsp3) is 0.0800. The molecule has 2 aromatic heterocycles. The van der Waals surface area contributed by atoms with E-state index in [0.717, 1.165) is 24.0 Å². The second-order valence-corrected chi connectivity index (χ2v) is 7.07. The number of nitrogens with zero attached hydrogens (tertiary/aromatic N) is 3. The summed E-state index contributed by atoms with van der Waals surface area (Å²) in [5, 5.41) is 9.06. The van der Waals surface area contributed by atoms with E-state index in [9.17, 15) is 0 Å². The van der Waals surface area contributed by atoms with Crippen LogP contribution in [0, 0.1) is 11.3 Å². The van der Waals surface area contributed by atoms with Gasteiger partial charge in [-0.3, -0.25) is 4.98 Å². The molecule has 0 atom stereocenters. The summed E-state index contributed by atoms with van der Waals surface area (Å²) in [5.41, 5.74) is 4.59. The minimum absolute atomic E-state index is 0.529. The fourth-order valence-corrected chi connectivity index (χ4v) is 3.46. The van der Waals surface area contributed by atoms with Gasteiger partial charge in [-0.15, -0.1) is 0 Å². The highest BCUT2D eigenvalue weighted by Gasteiger charge is 2.23. The Bertz CT molecular complexity index is 1270. The van der Waals surface area contributed by atoms with E-state index in [0.29, 0.717) is 40.0 Å². The number of pyridine rings is 1. The van der Waals surface area contributed by atoms with Gasteiger partial charge in [0.2, 0.25) is 0 Å². The van der Waals surface area contributed by atoms with Crippen molar-refractivity contribution in [1.29, 1.82) is 5.26 Å². The topological polar surface area (TPSA) is 83.8 Å². The third-order valence-corrected chi connectivity index (χ3v) is 5.05. The molecule has 0 bridgehead atoms. The Morgan fingerprint density at radius 3 is 2.65 bits per heavy atom. The van der Waals surface area contributed by atoms with Gasteiger partial charge in [0, 0.05) is 11.8 Å². The van der Waals surface area contributed by atoms with Gasteiger partial charge in [0.05, 0.1) is 17.3 Å². The van der Waals surface area contributed by atoms with Crippen LogP contribution in [0.5, 0.6) is 0 Å². The van der Waals surface area contributed by atoms with Crippen molar-refractivity contribution in [2.75, 3.05) is 0 Å². The number of rotatable bonds is 4. The Hall–Kier alpha value is -4.37. The maximum atomic E-state index is 9.06. The first-order valence-electron chi connectivity index (χ1n) is 9.94. The quantitative estimate of drug-likeness (QED) is 0.621. The SMILES string of the molecule is N#Cc1ccc(-c2nc(-c3ccccn3)c(C3=COC=C(C4=CC=CCC4)O3)[nH]2)cc1. The van der Waals surface area contributed by atoms with Crippen LogP contribution in [0.15, 0.2) is 90.7 Å². The predicted molar refractivity (Wildman–Crippen MR) is 117 cm³/mol. The van der Waals surface area contributed by atoms with Crippen molar-refractivity contribution in [3.8, 4) is 28.8 Å². The third kappa shape index (κ3) is 3.77. The molecule has 31 heavy (non-hydrogen) atoms. The zero-order valence-corrected chi connectivity index (χ0v) is 16.6. The van der Waals surface area contributed by atoms with Gasteiger partial charge in [0.15, 0.2) is 11.5 Å². The van der Waals surface area contributed by atoms with Gasteiger partial charge in [0.1, 0.15) is 29.7 Å². The minimum Gasteiger partial charge on any atom is -0.465 e. The maximum absolute atomic E-state index is 9.06. The number of hydrogen-bond donors (Lipinski definition) is 1. The second-order valence-electron chi connectivity index (χ2n) is 7.07. The van der Waals surface area contributed by atoms with E-state index in [1.54, 1.807) is 30.9 Å². The number of imidazole rings is 1. The maximum Gasteiger partial charge on any atom is 0.188 e. The summed E-state index contributed by atoms with van der Waals surface area (Å²) >= 11 is 0. The average Bonchev–Trinajstić information content (AvgIpc) is 3.31. The summed E-state index contributed by atoms with van der Waals surface area (Å²) in [6, 6.07) is 15.1. The number of benzene rings is 1. The zero-order chi connectivity index (χ0) is 21.0. The average molecular weight is 406 g/mol. The summed E-state index contributed by atoms with van der Waals surface area (Å²) in [6.07, 6.45) is 13.0. The van der Waals surface area contributed by atoms with Crippen molar-refractivity contribution < 1.29 is 9.47 Å². The number of ether oxygens (including phenoxy) is 2. The summed E-state index contributed by atoms with van der Waals surface area (Å²) in [4.78, 5) is 12.6. The van der Waals surface area contributed by atoms with Gasteiger partial charge < -0.3 is 14.5 Å². The van der Waals surface area contributed by atoms with Crippen LogP contribution < -0.4 is 0 Å². The van der Waals surface area contributed by atoms with Crippen LogP contribution in [-0.4, -0.2) is 15.0 Å². The van der Waals surface area contributed by atoms with Gasteiger partial charge in [-0.25, -0.2) is 4.98 Å². The number of H-pyrrole nitrogens is 1. The lowest BCUT2D eigenvalue weighted by atomic mass is 10.0. The molecule has 3 aromatic rings. The van der Waals surface area contributed by atoms with E-state index >= 15 is 0 Å². The molecule has 5 rings (SSSR count). The Kier molecular flexibility index (Phi) is 4.91. The highest BCUT2D eigenvalue weighted by molar-refractivity contribution is 5.76. The van der Waals surface area contributed by atoms with Crippen LogP contribution >= 0.6 is 0 Å². The lowest BCUT2D eigenvalue weighted by molar-refractivity contribution is 0.284. The summed E-state index contributed by atoms with van der Waals surface area (Å²) in [5.74, 6) is 1.87. The molecule has 1 aromatic carbocycles. The first kappa shape index (κ1) is 18.6. The van der Waals surface area contributed by atoms with Gasteiger partial charge in [-0.05, 0) is 54.8 Å². The smallest absolute Gasteiger partial charge is 0.188 e. The molecule has 150 valence electrons. The summed E-state index contributed by atoms with van der Waals surface area (Å²) in [7, 11) is 0. The molecule has 6 nitrogen and oxygen atoms in total. The van der Waals surface area contributed by atoms with E-state index < -0.39 is 0 Å². The van der Waals surface area contributed by atoms with Crippen molar-refractivity contribution in [2.45, 2.75) is 12.8 Å². The van der Waals surface area contributed by atoms with E-state index in [1.807, 2.05) is 42.5 Å². The minimum atomic E-state index is 0.529. The van der Waals surface area contributed by atoms with Crippen molar-refractivity contribution in [1.82, 2.24) is 15.0 Å². The van der Waals surface area contributed by atoms with Crippen molar-refractivity contribution in [3.63, 3.8) is 0 Å². The molecule has 6 heteroatoms. The number of aromatic amines is 1. The van der Waals surface area contributed by atoms with Crippen LogP contribution in [0.2, 0.25) is 0 Å².